The summed E-state index contributed by atoms with van der Waals surface area (Å²) in [6, 6.07) is 11.6. The van der Waals surface area contributed by atoms with E-state index in [-0.39, 0.29) is 17.5 Å². The van der Waals surface area contributed by atoms with Gasteiger partial charge in [0.05, 0.1) is 39.3 Å². The Labute approximate surface area is 171 Å². The van der Waals surface area contributed by atoms with Gasteiger partial charge < -0.3 is 19.5 Å². The first-order chi connectivity index (χ1) is 13.7. The second kappa shape index (κ2) is 9.51. The number of benzene rings is 2. The second-order valence-corrected chi connectivity index (χ2v) is 8.25. The monoisotopic (exact) mass is 422 g/mol. The largest absolute Gasteiger partial charge is 0.497 e. The summed E-state index contributed by atoms with van der Waals surface area (Å²) in [6.07, 6.45) is 1.04. The van der Waals surface area contributed by atoms with E-state index in [1.807, 2.05) is 18.2 Å². The van der Waals surface area contributed by atoms with E-state index in [4.69, 9.17) is 14.2 Å². The smallest absolute Gasteiger partial charge is 0.241 e. The fourth-order valence-electron chi connectivity index (χ4n) is 2.89. The second-order valence-electron chi connectivity index (χ2n) is 6.34. The molecular weight excluding hydrogens is 396 g/mol. The number of sulfonamides is 1. The Morgan fingerprint density at radius 3 is 2.28 bits per heavy atom. The van der Waals surface area contributed by atoms with E-state index >= 15 is 0 Å². The van der Waals surface area contributed by atoms with Crippen LogP contribution in [0, 0.1) is 0 Å². The van der Waals surface area contributed by atoms with Gasteiger partial charge in [-0.1, -0.05) is 18.2 Å². The Balaban J connectivity index is 2.26. The maximum absolute atomic E-state index is 12.7. The lowest BCUT2D eigenvalue weighted by Gasteiger charge is -2.25. The van der Waals surface area contributed by atoms with Crippen molar-refractivity contribution in [2.45, 2.75) is 13.0 Å². The highest BCUT2D eigenvalue weighted by Crippen LogP contribution is 2.33. The van der Waals surface area contributed by atoms with E-state index in [1.165, 1.54) is 20.3 Å². The zero-order valence-electron chi connectivity index (χ0n) is 17.1. The van der Waals surface area contributed by atoms with Crippen molar-refractivity contribution in [2.75, 3.05) is 38.4 Å². The molecule has 1 atom stereocenters. The average molecular weight is 423 g/mol. The summed E-state index contributed by atoms with van der Waals surface area (Å²) in [5.41, 5.74) is 1.03. The molecule has 0 saturated heterocycles. The summed E-state index contributed by atoms with van der Waals surface area (Å²) in [7, 11) is 0.714. The van der Waals surface area contributed by atoms with Crippen LogP contribution in [0.15, 0.2) is 42.5 Å². The summed E-state index contributed by atoms with van der Waals surface area (Å²) in [4.78, 5) is 12.7. The van der Waals surface area contributed by atoms with Crippen LogP contribution in [0.5, 0.6) is 17.2 Å². The predicted octanol–water partition coefficient (Wildman–Crippen LogP) is 2.36. The minimum Gasteiger partial charge on any atom is -0.497 e. The molecule has 8 nitrogen and oxygen atoms in total. The van der Waals surface area contributed by atoms with Crippen molar-refractivity contribution in [3.05, 3.63) is 48.0 Å². The highest BCUT2D eigenvalue weighted by Gasteiger charge is 2.25. The molecule has 0 radical (unpaired) electrons. The fourth-order valence-corrected chi connectivity index (χ4v) is 3.75. The molecule has 0 aliphatic rings. The Hall–Kier alpha value is -2.94. The first-order valence-electron chi connectivity index (χ1n) is 8.83. The minimum absolute atomic E-state index is 0.246. The Morgan fingerprint density at radius 2 is 1.69 bits per heavy atom. The number of methoxy groups -OCH3 is 3. The van der Waals surface area contributed by atoms with Gasteiger partial charge in [0.15, 0.2) is 0 Å². The molecule has 2 aromatic rings. The highest BCUT2D eigenvalue weighted by atomic mass is 32.2. The summed E-state index contributed by atoms with van der Waals surface area (Å²) in [6.45, 7) is 1.40. The molecule has 29 heavy (non-hydrogen) atoms. The van der Waals surface area contributed by atoms with Crippen LogP contribution in [0.1, 0.15) is 18.5 Å². The number of carbonyl (C=O) groups is 1. The molecule has 0 spiro atoms. The number of ether oxygens (including phenoxy) is 3. The predicted molar refractivity (Wildman–Crippen MR) is 111 cm³/mol. The molecule has 0 fully saturated rings. The topological polar surface area (TPSA) is 94.2 Å². The van der Waals surface area contributed by atoms with E-state index in [1.54, 1.807) is 32.2 Å². The van der Waals surface area contributed by atoms with E-state index in [0.29, 0.717) is 11.5 Å². The zero-order valence-corrected chi connectivity index (χ0v) is 17.9. The van der Waals surface area contributed by atoms with Crippen molar-refractivity contribution in [3.63, 3.8) is 0 Å². The Morgan fingerprint density at radius 1 is 1.03 bits per heavy atom. The molecule has 0 aromatic heterocycles. The van der Waals surface area contributed by atoms with Gasteiger partial charge in [0.1, 0.15) is 23.8 Å². The fraction of sp³-hybridized carbons (Fsp3) is 0.350. The van der Waals surface area contributed by atoms with Gasteiger partial charge in [-0.05, 0) is 25.1 Å². The minimum atomic E-state index is -3.75. The van der Waals surface area contributed by atoms with Gasteiger partial charge in [-0.2, -0.15) is 0 Å². The maximum Gasteiger partial charge on any atom is 0.241 e. The number of amides is 1. The van der Waals surface area contributed by atoms with Gasteiger partial charge in [0.25, 0.3) is 0 Å². The molecule has 2 aromatic carbocycles. The van der Waals surface area contributed by atoms with Crippen molar-refractivity contribution < 1.29 is 27.4 Å². The van der Waals surface area contributed by atoms with Gasteiger partial charge in [-0.25, -0.2) is 8.42 Å². The lowest BCUT2D eigenvalue weighted by atomic mass is 10.1. The van der Waals surface area contributed by atoms with Crippen LogP contribution in [0.2, 0.25) is 0 Å². The molecule has 9 heteroatoms. The van der Waals surface area contributed by atoms with Crippen molar-refractivity contribution in [1.82, 2.24) is 5.32 Å². The summed E-state index contributed by atoms with van der Waals surface area (Å²) in [5.74, 6) is 0.956. The van der Waals surface area contributed by atoms with Crippen LogP contribution in [0.3, 0.4) is 0 Å². The van der Waals surface area contributed by atoms with Crippen LogP contribution in [-0.2, 0) is 14.8 Å². The SMILES string of the molecule is COc1ccc(N(CC(=O)N[C@@H](C)c2ccccc2OC)S(C)(=O)=O)c(OC)c1. The number of anilines is 1. The van der Waals surface area contributed by atoms with Crippen molar-refractivity contribution in [3.8, 4) is 17.2 Å². The molecule has 2 rings (SSSR count). The van der Waals surface area contributed by atoms with Crippen LogP contribution in [0.25, 0.3) is 0 Å². The number of para-hydroxylation sites is 1. The van der Waals surface area contributed by atoms with E-state index in [9.17, 15) is 13.2 Å². The lowest BCUT2D eigenvalue weighted by molar-refractivity contribution is -0.120. The third kappa shape index (κ3) is 5.54. The standard InChI is InChI=1S/C20H26N2O6S/c1-14(16-8-6-7-9-18(16)27-3)21-20(23)13-22(29(5,24)25)17-11-10-15(26-2)12-19(17)28-4/h6-12,14H,13H2,1-5H3,(H,21,23)/t14-/m0/s1. The van der Waals surface area contributed by atoms with E-state index in [0.717, 1.165) is 16.1 Å². The summed E-state index contributed by atoms with van der Waals surface area (Å²) >= 11 is 0. The molecule has 158 valence electrons. The maximum atomic E-state index is 12.7. The van der Waals surface area contributed by atoms with Gasteiger partial charge in [0, 0.05) is 11.6 Å². The first-order valence-corrected chi connectivity index (χ1v) is 10.7. The van der Waals surface area contributed by atoms with E-state index in [2.05, 4.69) is 5.32 Å². The van der Waals surface area contributed by atoms with E-state index < -0.39 is 22.5 Å². The van der Waals surface area contributed by atoms with Gasteiger partial charge in [0.2, 0.25) is 15.9 Å². The Kier molecular flexibility index (Phi) is 7.33. The quantitative estimate of drug-likeness (QED) is 0.667. The third-order valence-electron chi connectivity index (χ3n) is 4.33. The molecule has 1 N–H and O–H groups in total. The van der Waals surface area contributed by atoms with Crippen molar-refractivity contribution in [2.24, 2.45) is 0 Å². The normalized spacial score (nSPS) is 12.0. The average Bonchev–Trinajstić information content (AvgIpc) is 2.70. The molecule has 0 aliphatic heterocycles. The van der Waals surface area contributed by atoms with Gasteiger partial charge in [-0.15, -0.1) is 0 Å². The van der Waals surface area contributed by atoms with Crippen LogP contribution in [-0.4, -0.2) is 48.5 Å². The Bertz CT molecular complexity index is 961. The van der Waals surface area contributed by atoms with Crippen molar-refractivity contribution >= 4 is 21.6 Å². The number of hydrogen-bond donors (Lipinski definition) is 1. The van der Waals surface area contributed by atoms with Gasteiger partial charge >= 0.3 is 0 Å². The highest BCUT2D eigenvalue weighted by molar-refractivity contribution is 7.92. The van der Waals surface area contributed by atoms with Crippen LogP contribution in [0.4, 0.5) is 5.69 Å². The van der Waals surface area contributed by atoms with Crippen LogP contribution >= 0.6 is 0 Å². The third-order valence-corrected chi connectivity index (χ3v) is 5.45. The summed E-state index contributed by atoms with van der Waals surface area (Å²) < 4.78 is 41.5. The molecule has 0 bridgehead atoms. The molecule has 0 saturated carbocycles. The van der Waals surface area contributed by atoms with Crippen molar-refractivity contribution in [1.29, 1.82) is 0 Å². The number of hydrogen-bond acceptors (Lipinski definition) is 6. The number of carbonyl (C=O) groups excluding carboxylic acids is 1. The summed E-state index contributed by atoms with van der Waals surface area (Å²) in [5, 5.41) is 2.81. The molecular formula is C20H26N2O6S. The number of rotatable bonds is 9. The zero-order chi connectivity index (χ0) is 21.6. The lowest BCUT2D eigenvalue weighted by Crippen LogP contribution is -2.41. The number of nitrogens with zero attached hydrogens (tertiary/aromatic N) is 1. The first kappa shape index (κ1) is 22.4. The van der Waals surface area contributed by atoms with Crippen LogP contribution < -0.4 is 23.8 Å². The number of nitrogens with one attached hydrogen (secondary N) is 1. The molecule has 0 aliphatic carbocycles. The molecule has 0 unspecified atom stereocenters. The molecule has 0 heterocycles. The van der Waals surface area contributed by atoms with Gasteiger partial charge in [-0.3, -0.25) is 9.10 Å². The molecule has 1 amide bonds.